The second-order valence-corrected chi connectivity index (χ2v) is 12.6. The summed E-state index contributed by atoms with van der Waals surface area (Å²) in [6.45, 7) is 10.6. The van der Waals surface area contributed by atoms with Gasteiger partial charge in [-0.1, -0.05) is 39.8 Å². The van der Waals surface area contributed by atoms with E-state index in [9.17, 15) is 24.0 Å². The van der Waals surface area contributed by atoms with Crippen LogP contribution in [0.5, 0.6) is 5.75 Å². The molecule has 0 aliphatic carbocycles. The summed E-state index contributed by atoms with van der Waals surface area (Å²) < 4.78 is 5.92. The Hall–Kier alpha value is -3.67. The lowest BCUT2D eigenvalue weighted by atomic mass is 9.98. The molecule has 0 spiro atoms. The van der Waals surface area contributed by atoms with Crippen LogP contribution in [0, 0.1) is 11.8 Å². The topological polar surface area (TPSA) is 149 Å². The number of nitrogens with zero attached hydrogens (tertiary/aromatic N) is 2. The zero-order valence-electron chi connectivity index (χ0n) is 27.6. The average Bonchev–Trinajstić information content (AvgIpc) is 2.95. The van der Waals surface area contributed by atoms with E-state index in [0.29, 0.717) is 13.0 Å². The minimum atomic E-state index is -1.19. The van der Waals surface area contributed by atoms with E-state index in [1.54, 1.807) is 31.2 Å². The number of carbonyl (C=O) groups excluding carboxylic acids is 5. The first-order valence-corrected chi connectivity index (χ1v) is 15.5. The van der Waals surface area contributed by atoms with Crippen LogP contribution in [0.3, 0.4) is 0 Å². The summed E-state index contributed by atoms with van der Waals surface area (Å²) in [4.78, 5) is 70.7. The predicted octanol–water partition coefficient (Wildman–Crippen LogP) is 1.54. The summed E-state index contributed by atoms with van der Waals surface area (Å²) in [5, 5.41) is 11.3. The molecule has 44 heavy (non-hydrogen) atoms. The van der Waals surface area contributed by atoms with Gasteiger partial charge in [0, 0.05) is 13.6 Å². The van der Waals surface area contributed by atoms with Crippen LogP contribution >= 0.6 is 0 Å². The number of likely N-dealkylation sites (N-methyl/N-ethyl adjacent to an activating group) is 1. The fourth-order valence-corrected chi connectivity index (χ4v) is 4.87. The van der Waals surface area contributed by atoms with Crippen molar-refractivity contribution in [1.29, 1.82) is 0 Å². The van der Waals surface area contributed by atoms with Crippen LogP contribution in [-0.2, 0) is 19.2 Å². The highest BCUT2D eigenvalue weighted by Gasteiger charge is 2.35. The average molecular weight is 617 g/mol. The lowest BCUT2D eigenvalue weighted by Crippen LogP contribution is -2.57. The van der Waals surface area contributed by atoms with Crippen molar-refractivity contribution in [1.82, 2.24) is 31.1 Å². The molecule has 1 aliphatic heterocycles. The second kappa shape index (κ2) is 17.6. The van der Waals surface area contributed by atoms with Gasteiger partial charge in [-0.05, 0) is 70.8 Å². The smallest absolute Gasteiger partial charge is 0.255 e. The van der Waals surface area contributed by atoms with E-state index >= 15 is 0 Å². The van der Waals surface area contributed by atoms with Gasteiger partial charge in [-0.3, -0.25) is 24.0 Å². The Kier molecular flexibility index (Phi) is 14.6. The Balaban J connectivity index is 2.46. The van der Waals surface area contributed by atoms with Crippen LogP contribution in [0.1, 0.15) is 70.7 Å². The number of para-hydroxylation sites is 1. The van der Waals surface area contributed by atoms with E-state index in [2.05, 4.69) is 26.2 Å². The molecule has 12 nitrogen and oxygen atoms in total. The quantitative estimate of drug-likeness (QED) is 0.308. The largest absolute Gasteiger partial charge is 0.491 e. The first kappa shape index (κ1) is 36.5. The minimum Gasteiger partial charge on any atom is -0.491 e. The van der Waals surface area contributed by atoms with Crippen molar-refractivity contribution in [3.8, 4) is 5.75 Å². The monoisotopic (exact) mass is 616 g/mol. The molecule has 1 aromatic rings. The van der Waals surface area contributed by atoms with Crippen LogP contribution in [-0.4, -0.2) is 104 Å². The summed E-state index contributed by atoms with van der Waals surface area (Å²) in [6.07, 6.45) is 1.58. The standard InChI is InChI=1S/C32H52N6O6/c1-20(2)17-25-31(42)36-28(21(3)4)32(43)34-22(5)19-44-26-14-10-9-13-23(26)29(40)35-24(18-27(39)38(25)8)30(41)33-15-11-12-16-37(6)7/h9-10,13-14,20-22,24-25,28H,11-12,15-19H2,1-8H3,(H,33,41)(H,34,43)(H,35,40)(H,36,42)/t22-,24-,25-,28+/m0/s1. The Morgan fingerprint density at radius 1 is 1.02 bits per heavy atom. The van der Waals surface area contributed by atoms with Gasteiger partial charge < -0.3 is 35.8 Å². The van der Waals surface area contributed by atoms with Gasteiger partial charge >= 0.3 is 0 Å². The van der Waals surface area contributed by atoms with Gasteiger partial charge in [0.1, 0.15) is 30.5 Å². The molecule has 2 rings (SSSR count). The van der Waals surface area contributed by atoms with E-state index in [4.69, 9.17) is 4.74 Å². The van der Waals surface area contributed by atoms with Gasteiger partial charge in [0.2, 0.25) is 23.6 Å². The van der Waals surface area contributed by atoms with Crippen LogP contribution in [0.2, 0.25) is 0 Å². The molecule has 0 aromatic heterocycles. The van der Waals surface area contributed by atoms with Gasteiger partial charge in [-0.15, -0.1) is 0 Å². The fraction of sp³-hybridized carbons (Fsp3) is 0.656. The lowest BCUT2D eigenvalue weighted by molar-refractivity contribution is -0.142. The highest BCUT2D eigenvalue weighted by molar-refractivity contribution is 6.01. The first-order chi connectivity index (χ1) is 20.7. The Morgan fingerprint density at radius 3 is 2.34 bits per heavy atom. The van der Waals surface area contributed by atoms with Gasteiger partial charge in [0.05, 0.1) is 18.0 Å². The van der Waals surface area contributed by atoms with E-state index < -0.39 is 47.8 Å². The molecule has 4 atom stereocenters. The molecular weight excluding hydrogens is 564 g/mol. The summed E-state index contributed by atoms with van der Waals surface area (Å²) >= 11 is 0. The molecule has 0 bridgehead atoms. The molecule has 12 heteroatoms. The third kappa shape index (κ3) is 11.4. The summed E-state index contributed by atoms with van der Waals surface area (Å²) in [5.74, 6) is -2.32. The number of benzene rings is 1. The maximum atomic E-state index is 13.6. The van der Waals surface area contributed by atoms with Crippen LogP contribution in [0.25, 0.3) is 0 Å². The molecule has 4 N–H and O–H groups in total. The number of amides is 5. The van der Waals surface area contributed by atoms with Crippen LogP contribution < -0.4 is 26.0 Å². The van der Waals surface area contributed by atoms with Gasteiger partial charge in [0.25, 0.3) is 5.91 Å². The molecular formula is C32H52N6O6. The van der Waals surface area contributed by atoms with E-state index in [0.717, 1.165) is 19.4 Å². The van der Waals surface area contributed by atoms with E-state index in [-0.39, 0.29) is 42.1 Å². The minimum absolute atomic E-state index is 0.0519. The number of rotatable bonds is 9. The number of carbonyl (C=O) groups is 5. The summed E-state index contributed by atoms with van der Waals surface area (Å²) in [7, 11) is 5.46. The maximum absolute atomic E-state index is 13.6. The normalized spacial score (nSPS) is 22.6. The van der Waals surface area contributed by atoms with Crippen LogP contribution in [0.4, 0.5) is 0 Å². The lowest BCUT2D eigenvalue weighted by Gasteiger charge is -2.32. The molecule has 0 saturated carbocycles. The van der Waals surface area contributed by atoms with Crippen molar-refractivity contribution in [3.05, 3.63) is 29.8 Å². The summed E-state index contributed by atoms with van der Waals surface area (Å²) in [5.41, 5.74) is 0.189. The first-order valence-electron chi connectivity index (χ1n) is 15.5. The fourth-order valence-electron chi connectivity index (χ4n) is 4.87. The van der Waals surface area contributed by atoms with Gasteiger partial charge in [-0.25, -0.2) is 0 Å². The Bertz CT molecular complexity index is 1140. The van der Waals surface area contributed by atoms with Gasteiger partial charge in [0.15, 0.2) is 0 Å². The number of hydrogen-bond donors (Lipinski definition) is 4. The third-order valence-corrected chi connectivity index (χ3v) is 7.45. The number of fused-ring (bicyclic) bond motifs is 1. The molecule has 0 saturated heterocycles. The molecule has 1 heterocycles. The van der Waals surface area contributed by atoms with Crippen molar-refractivity contribution in [2.75, 3.05) is 40.8 Å². The van der Waals surface area contributed by atoms with Crippen molar-refractivity contribution in [2.45, 2.75) is 84.5 Å². The van der Waals surface area contributed by atoms with E-state index in [1.807, 2.05) is 41.8 Å². The number of ether oxygens (including phenoxy) is 1. The van der Waals surface area contributed by atoms with E-state index in [1.165, 1.54) is 11.9 Å². The van der Waals surface area contributed by atoms with Crippen molar-refractivity contribution in [2.24, 2.45) is 11.8 Å². The second-order valence-electron chi connectivity index (χ2n) is 12.6. The Morgan fingerprint density at radius 2 is 1.70 bits per heavy atom. The number of nitrogens with one attached hydrogen (secondary N) is 4. The van der Waals surface area contributed by atoms with Crippen molar-refractivity contribution in [3.63, 3.8) is 0 Å². The SMILES string of the molecule is CC(C)C[C@H]1C(=O)N[C@H](C(C)C)C(=O)N[C@@H](C)COc2ccccc2C(=O)N[C@H](C(=O)NCCCCN(C)C)CC(=O)N1C. The zero-order valence-corrected chi connectivity index (χ0v) is 27.6. The highest BCUT2D eigenvalue weighted by Crippen LogP contribution is 2.20. The van der Waals surface area contributed by atoms with Gasteiger partial charge in [-0.2, -0.15) is 0 Å². The molecule has 1 aromatic carbocycles. The number of unbranched alkanes of at least 4 members (excludes halogenated alkanes) is 1. The molecule has 0 radical (unpaired) electrons. The molecule has 246 valence electrons. The highest BCUT2D eigenvalue weighted by atomic mass is 16.5. The zero-order chi connectivity index (χ0) is 33.0. The molecule has 0 fully saturated rings. The van der Waals surface area contributed by atoms with Crippen molar-refractivity contribution < 1.29 is 28.7 Å². The molecule has 1 aliphatic rings. The summed E-state index contributed by atoms with van der Waals surface area (Å²) in [6, 6.07) is 3.21. The molecule has 5 amide bonds. The van der Waals surface area contributed by atoms with Crippen LogP contribution in [0.15, 0.2) is 24.3 Å². The molecule has 0 unspecified atom stereocenters. The Labute approximate surface area is 262 Å². The maximum Gasteiger partial charge on any atom is 0.255 e. The third-order valence-electron chi connectivity index (χ3n) is 7.45. The van der Waals surface area contributed by atoms with Crippen molar-refractivity contribution >= 4 is 29.5 Å². The predicted molar refractivity (Wildman–Crippen MR) is 169 cm³/mol. The number of hydrogen-bond acceptors (Lipinski definition) is 7.